The molecule has 3 aromatic rings. The van der Waals surface area contributed by atoms with Gasteiger partial charge in [-0.25, -0.2) is 0 Å². The van der Waals surface area contributed by atoms with Crippen LogP contribution in [0.1, 0.15) is 39.2 Å². The summed E-state index contributed by atoms with van der Waals surface area (Å²) in [6.45, 7) is 2.31. The SMILES string of the molecule is CCOc1ccc([C@H]2[C@@H](N3C(=O)c4cccc([N+](=O)[O-])c4C3=O)C(=O)N2c2ccc(Cl)c(Cl)c2)cc1. The Morgan fingerprint density at radius 3 is 2.28 bits per heavy atom. The van der Waals surface area contributed by atoms with Gasteiger partial charge in [0.2, 0.25) is 0 Å². The number of carbonyl (C=O) groups excluding carboxylic acids is 3. The molecule has 0 unspecified atom stereocenters. The number of rotatable bonds is 6. The molecule has 0 aliphatic carbocycles. The molecule has 11 heteroatoms. The first kappa shape index (κ1) is 23.8. The number of benzene rings is 3. The van der Waals surface area contributed by atoms with Gasteiger partial charge in [-0.2, -0.15) is 0 Å². The van der Waals surface area contributed by atoms with Crippen LogP contribution < -0.4 is 9.64 Å². The number of fused-ring (bicyclic) bond motifs is 1. The maximum absolute atomic E-state index is 13.5. The number of nitrogens with zero attached hydrogens (tertiary/aromatic N) is 3. The van der Waals surface area contributed by atoms with Crippen molar-refractivity contribution in [3.8, 4) is 5.75 Å². The maximum Gasteiger partial charge on any atom is 0.282 e. The number of anilines is 1. The lowest BCUT2D eigenvalue weighted by molar-refractivity contribution is -0.385. The third kappa shape index (κ3) is 3.59. The van der Waals surface area contributed by atoms with Crippen LogP contribution in [0, 0.1) is 10.1 Å². The monoisotopic (exact) mass is 525 g/mol. The van der Waals surface area contributed by atoms with Gasteiger partial charge in [0.1, 0.15) is 17.4 Å². The van der Waals surface area contributed by atoms with Gasteiger partial charge in [0.25, 0.3) is 23.4 Å². The van der Waals surface area contributed by atoms with Gasteiger partial charge >= 0.3 is 0 Å². The molecule has 2 atom stereocenters. The van der Waals surface area contributed by atoms with Crippen molar-refractivity contribution in [2.24, 2.45) is 0 Å². The molecule has 182 valence electrons. The number of nitro groups is 1. The standard InChI is InChI=1S/C25H17Cl2N3O6/c1-2-36-15-9-6-13(7-10-15)21-22(25(33)28(21)14-8-11-17(26)18(27)12-14)29-23(31)16-4-3-5-19(30(34)35)20(16)24(29)32/h3-12,21-22H,2H2,1H3/t21-,22+/m0/s1. The number of nitro benzene ring substituents is 1. The third-order valence-electron chi connectivity index (χ3n) is 6.18. The second kappa shape index (κ2) is 8.92. The normalized spacial score (nSPS) is 18.8. The van der Waals surface area contributed by atoms with Crippen LogP contribution in [0.5, 0.6) is 5.75 Å². The first-order valence-corrected chi connectivity index (χ1v) is 11.7. The van der Waals surface area contributed by atoms with Gasteiger partial charge in [-0.3, -0.25) is 29.4 Å². The summed E-state index contributed by atoms with van der Waals surface area (Å²) >= 11 is 12.2. The zero-order valence-corrected chi connectivity index (χ0v) is 20.2. The molecule has 2 aliphatic rings. The summed E-state index contributed by atoms with van der Waals surface area (Å²) < 4.78 is 5.50. The molecule has 0 saturated carbocycles. The van der Waals surface area contributed by atoms with E-state index in [9.17, 15) is 24.5 Å². The zero-order chi connectivity index (χ0) is 25.7. The van der Waals surface area contributed by atoms with Gasteiger partial charge in [0.05, 0.1) is 33.2 Å². The maximum atomic E-state index is 13.5. The smallest absolute Gasteiger partial charge is 0.282 e. The fourth-order valence-electron chi connectivity index (χ4n) is 4.60. The Balaban J connectivity index is 1.59. The lowest BCUT2D eigenvalue weighted by Crippen LogP contribution is -2.67. The van der Waals surface area contributed by atoms with Crippen LogP contribution >= 0.6 is 23.2 Å². The first-order chi connectivity index (χ1) is 17.2. The van der Waals surface area contributed by atoms with Crippen LogP contribution in [0.2, 0.25) is 10.0 Å². The highest BCUT2D eigenvalue weighted by Gasteiger charge is 2.58. The number of hydrogen-bond donors (Lipinski definition) is 0. The highest BCUT2D eigenvalue weighted by atomic mass is 35.5. The Morgan fingerprint density at radius 1 is 0.917 bits per heavy atom. The van der Waals surface area contributed by atoms with E-state index in [1.54, 1.807) is 36.4 Å². The Kier molecular flexibility index (Phi) is 5.89. The first-order valence-electron chi connectivity index (χ1n) is 10.9. The molecule has 0 N–H and O–H groups in total. The highest BCUT2D eigenvalue weighted by molar-refractivity contribution is 6.42. The molecule has 0 aromatic heterocycles. The van der Waals surface area contributed by atoms with Gasteiger partial charge in [0, 0.05) is 11.8 Å². The number of hydrogen-bond acceptors (Lipinski definition) is 6. The van der Waals surface area contributed by atoms with Crippen molar-refractivity contribution < 1.29 is 24.0 Å². The van der Waals surface area contributed by atoms with E-state index >= 15 is 0 Å². The Labute approximate surface area is 214 Å². The van der Waals surface area contributed by atoms with E-state index in [-0.39, 0.29) is 16.1 Å². The molecule has 0 spiro atoms. The molecule has 36 heavy (non-hydrogen) atoms. The van der Waals surface area contributed by atoms with Gasteiger partial charge in [0.15, 0.2) is 0 Å². The van der Waals surface area contributed by atoms with Crippen molar-refractivity contribution in [3.63, 3.8) is 0 Å². The zero-order valence-electron chi connectivity index (χ0n) is 18.7. The molecule has 2 heterocycles. The molecule has 5 rings (SSSR count). The fourth-order valence-corrected chi connectivity index (χ4v) is 4.89. The van der Waals surface area contributed by atoms with Crippen LogP contribution in [0.3, 0.4) is 0 Å². The van der Waals surface area contributed by atoms with Crippen LogP contribution in [-0.2, 0) is 4.79 Å². The minimum absolute atomic E-state index is 0.111. The molecule has 3 amide bonds. The number of amides is 3. The van der Waals surface area contributed by atoms with E-state index in [1.807, 2.05) is 6.92 Å². The number of ether oxygens (including phenoxy) is 1. The molecular weight excluding hydrogens is 509 g/mol. The predicted molar refractivity (Wildman–Crippen MR) is 132 cm³/mol. The van der Waals surface area contributed by atoms with Gasteiger partial charge in [-0.05, 0) is 48.9 Å². The minimum Gasteiger partial charge on any atom is -0.494 e. The summed E-state index contributed by atoms with van der Waals surface area (Å²) in [4.78, 5) is 53.1. The van der Waals surface area contributed by atoms with Crippen molar-refractivity contribution in [1.82, 2.24) is 4.90 Å². The van der Waals surface area contributed by atoms with E-state index in [0.717, 1.165) is 11.0 Å². The van der Waals surface area contributed by atoms with E-state index in [1.165, 1.54) is 23.1 Å². The summed E-state index contributed by atoms with van der Waals surface area (Å²) in [5, 5.41) is 12.0. The fraction of sp³-hybridized carbons (Fsp3) is 0.160. The van der Waals surface area contributed by atoms with Gasteiger partial charge in [-0.1, -0.05) is 41.4 Å². The minimum atomic E-state index is -1.22. The van der Waals surface area contributed by atoms with Crippen molar-refractivity contribution in [2.45, 2.75) is 19.0 Å². The van der Waals surface area contributed by atoms with E-state index < -0.39 is 40.4 Å². The average Bonchev–Trinajstić information content (AvgIpc) is 3.10. The number of halogens is 2. The highest BCUT2D eigenvalue weighted by Crippen LogP contribution is 2.46. The van der Waals surface area contributed by atoms with Crippen molar-refractivity contribution in [1.29, 1.82) is 0 Å². The molecule has 0 radical (unpaired) electrons. The molecule has 1 saturated heterocycles. The number of carbonyl (C=O) groups is 3. The lowest BCUT2D eigenvalue weighted by Gasteiger charge is -2.49. The molecule has 9 nitrogen and oxygen atoms in total. The summed E-state index contributed by atoms with van der Waals surface area (Å²) in [7, 11) is 0. The summed E-state index contributed by atoms with van der Waals surface area (Å²) in [5.74, 6) is -1.57. The Bertz CT molecular complexity index is 1440. The van der Waals surface area contributed by atoms with Crippen LogP contribution in [0.15, 0.2) is 60.7 Å². The second-order valence-electron chi connectivity index (χ2n) is 8.14. The quantitative estimate of drug-likeness (QED) is 0.192. The lowest BCUT2D eigenvalue weighted by atomic mass is 9.86. The van der Waals surface area contributed by atoms with Crippen LogP contribution in [0.25, 0.3) is 0 Å². The van der Waals surface area contributed by atoms with Gasteiger partial charge in [-0.15, -0.1) is 0 Å². The summed E-state index contributed by atoms with van der Waals surface area (Å²) in [6, 6.07) is 13.4. The number of imide groups is 1. The Hall–Kier alpha value is -3.95. The Morgan fingerprint density at radius 2 is 1.64 bits per heavy atom. The van der Waals surface area contributed by atoms with Crippen molar-refractivity contribution in [2.75, 3.05) is 11.5 Å². The van der Waals surface area contributed by atoms with Crippen LogP contribution in [0.4, 0.5) is 11.4 Å². The third-order valence-corrected chi connectivity index (χ3v) is 6.92. The second-order valence-corrected chi connectivity index (χ2v) is 8.95. The van der Waals surface area contributed by atoms with Gasteiger partial charge < -0.3 is 9.64 Å². The van der Waals surface area contributed by atoms with Crippen LogP contribution in [-0.4, -0.2) is 40.2 Å². The van der Waals surface area contributed by atoms with Crippen molar-refractivity contribution in [3.05, 3.63) is 97.5 Å². The molecule has 2 aliphatic heterocycles. The predicted octanol–water partition coefficient (Wildman–Crippen LogP) is 5.05. The number of β-lactam (4-membered cyclic amide) rings is 1. The van der Waals surface area contributed by atoms with Crippen molar-refractivity contribution >= 4 is 52.3 Å². The molecule has 1 fully saturated rings. The molecule has 0 bridgehead atoms. The molecule has 3 aromatic carbocycles. The summed E-state index contributed by atoms with van der Waals surface area (Å²) in [5.41, 5.74) is 0.130. The topological polar surface area (TPSA) is 110 Å². The summed E-state index contributed by atoms with van der Waals surface area (Å²) in [6.07, 6.45) is 0. The van der Waals surface area contributed by atoms with E-state index in [4.69, 9.17) is 27.9 Å². The average molecular weight is 526 g/mol. The largest absolute Gasteiger partial charge is 0.494 e. The van der Waals surface area contributed by atoms with E-state index in [2.05, 4.69) is 0 Å². The molecular formula is C25H17Cl2N3O6. The van der Waals surface area contributed by atoms with E-state index in [0.29, 0.717) is 28.6 Å².